The Bertz CT molecular complexity index is 863. The van der Waals surface area contributed by atoms with Crippen molar-refractivity contribution >= 4 is 11.9 Å². The highest BCUT2D eigenvalue weighted by Gasteiger charge is 2.20. The van der Waals surface area contributed by atoms with Crippen molar-refractivity contribution in [2.75, 3.05) is 13.2 Å². The zero-order valence-corrected chi connectivity index (χ0v) is 39.0. The minimum atomic E-state index is -0.672. The van der Waals surface area contributed by atoms with Gasteiger partial charge in [-0.3, -0.25) is 9.59 Å². The summed E-state index contributed by atoms with van der Waals surface area (Å²) in [6.07, 6.45) is 54.6. The summed E-state index contributed by atoms with van der Waals surface area (Å²) in [5, 5.41) is 23.2. The molecule has 3 N–H and O–H groups in total. The molecule has 58 heavy (non-hydrogen) atoms. The summed E-state index contributed by atoms with van der Waals surface area (Å²) in [4.78, 5) is 24.4. The number of nitrogens with one attached hydrogen (secondary N) is 1. The lowest BCUT2D eigenvalue weighted by Gasteiger charge is -2.22. The van der Waals surface area contributed by atoms with E-state index in [0.29, 0.717) is 25.9 Å². The van der Waals surface area contributed by atoms with Gasteiger partial charge in [-0.1, -0.05) is 231 Å². The van der Waals surface area contributed by atoms with Crippen LogP contribution >= 0.6 is 0 Å². The SMILES string of the molecule is CCCCC/C=C\CCCCCCCC(=O)OCCCCCCCCCCCCCCCC(=O)NC(CO)C(O)CCCCCCCCCCCCCCCCCC. The molecule has 0 aromatic carbocycles. The van der Waals surface area contributed by atoms with Crippen molar-refractivity contribution in [2.45, 2.75) is 296 Å². The number of carbonyl (C=O) groups is 2. The van der Waals surface area contributed by atoms with Crippen molar-refractivity contribution in [1.82, 2.24) is 5.32 Å². The van der Waals surface area contributed by atoms with E-state index < -0.39 is 12.1 Å². The molecule has 6 nitrogen and oxygen atoms in total. The quantitative estimate of drug-likeness (QED) is 0.0323. The van der Waals surface area contributed by atoms with E-state index in [2.05, 4.69) is 31.3 Å². The molecule has 0 saturated heterocycles. The average molecular weight is 820 g/mol. The third-order valence-electron chi connectivity index (χ3n) is 12.1. The van der Waals surface area contributed by atoms with Crippen LogP contribution in [0.4, 0.5) is 0 Å². The maximum absolute atomic E-state index is 12.5. The molecule has 0 aliphatic rings. The predicted molar refractivity (Wildman–Crippen MR) is 250 cm³/mol. The number of unbranched alkanes of at least 4 members (excludes halogenated alkanes) is 35. The zero-order valence-electron chi connectivity index (χ0n) is 39.0. The van der Waals surface area contributed by atoms with Crippen LogP contribution in [0.3, 0.4) is 0 Å². The Kier molecular flexibility index (Phi) is 47.1. The van der Waals surface area contributed by atoms with Gasteiger partial charge in [0.25, 0.3) is 0 Å². The second kappa shape index (κ2) is 48.3. The van der Waals surface area contributed by atoms with Crippen molar-refractivity contribution in [2.24, 2.45) is 0 Å². The number of amides is 1. The smallest absolute Gasteiger partial charge is 0.305 e. The maximum Gasteiger partial charge on any atom is 0.305 e. The largest absolute Gasteiger partial charge is 0.466 e. The van der Waals surface area contributed by atoms with E-state index in [1.165, 1.54) is 199 Å². The van der Waals surface area contributed by atoms with Crippen LogP contribution in [0.2, 0.25) is 0 Å². The first kappa shape index (κ1) is 56.6. The number of aliphatic hydroxyl groups excluding tert-OH is 2. The summed E-state index contributed by atoms with van der Waals surface area (Å²) in [5.74, 6) is -0.0619. The van der Waals surface area contributed by atoms with Crippen LogP contribution < -0.4 is 5.32 Å². The first-order valence-electron chi connectivity index (χ1n) is 25.9. The van der Waals surface area contributed by atoms with Gasteiger partial charge < -0.3 is 20.3 Å². The Labute approximate surface area is 361 Å². The first-order chi connectivity index (χ1) is 28.5. The monoisotopic (exact) mass is 820 g/mol. The molecule has 0 heterocycles. The Balaban J connectivity index is 3.46. The normalized spacial score (nSPS) is 12.7. The zero-order chi connectivity index (χ0) is 42.3. The van der Waals surface area contributed by atoms with Gasteiger partial charge in [-0.15, -0.1) is 0 Å². The van der Waals surface area contributed by atoms with Crippen molar-refractivity contribution in [3.8, 4) is 0 Å². The van der Waals surface area contributed by atoms with Gasteiger partial charge in [-0.2, -0.15) is 0 Å². The lowest BCUT2D eigenvalue weighted by molar-refractivity contribution is -0.143. The minimum Gasteiger partial charge on any atom is -0.466 e. The molecule has 0 radical (unpaired) electrons. The second-order valence-electron chi connectivity index (χ2n) is 17.9. The van der Waals surface area contributed by atoms with Crippen LogP contribution in [0.5, 0.6) is 0 Å². The molecule has 0 fully saturated rings. The molecule has 0 aliphatic carbocycles. The summed E-state index contributed by atoms with van der Waals surface area (Å²) in [6.45, 7) is 4.91. The molecule has 0 saturated carbocycles. The molecule has 344 valence electrons. The van der Waals surface area contributed by atoms with E-state index in [1.807, 2.05) is 0 Å². The highest BCUT2D eigenvalue weighted by molar-refractivity contribution is 5.76. The molecule has 0 spiro atoms. The van der Waals surface area contributed by atoms with E-state index in [-0.39, 0.29) is 18.5 Å². The molecule has 6 heteroatoms. The number of rotatable bonds is 48. The molecule has 0 bridgehead atoms. The molecule has 0 aromatic heterocycles. The Morgan fingerprint density at radius 3 is 1.26 bits per heavy atom. The molecule has 0 rings (SSSR count). The lowest BCUT2D eigenvalue weighted by atomic mass is 10.0. The van der Waals surface area contributed by atoms with Gasteiger partial charge in [0, 0.05) is 12.8 Å². The van der Waals surface area contributed by atoms with Gasteiger partial charge in [-0.05, 0) is 51.4 Å². The Hall–Kier alpha value is -1.40. The summed E-state index contributed by atoms with van der Waals surface area (Å²) >= 11 is 0. The summed E-state index contributed by atoms with van der Waals surface area (Å²) < 4.78 is 5.44. The number of carbonyl (C=O) groups excluding carboxylic acids is 2. The van der Waals surface area contributed by atoms with Crippen molar-refractivity contribution in [3.63, 3.8) is 0 Å². The van der Waals surface area contributed by atoms with Gasteiger partial charge in [0.05, 0.1) is 25.4 Å². The molecular formula is C52H101NO5. The first-order valence-corrected chi connectivity index (χ1v) is 25.9. The lowest BCUT2D eigenvalue weighted by Crippen LogP contribution is -2.45. The highest BCUT2D eigenvalue weighted by atomic mass is 16.5. The number of hydrogen-bond donors (Lipinski definition) is 3. The summed E-state index contributed by atoms with van der Waals surface area (Å²) in [7, 11) is 0. The Morgan fingerprint density at radius 2 is 0.810 bits per heavy atom. The van der Waals surface area contributed by atoms with Crippen LogP contribution in [-0.2, 0) is 14.3 Å². The summed E-state index contributed by atoms with van der Waals surface area (Å²) in [5.41, 5.74) is 0. The predicted octanol–water partition coefficient (Wildman–Crippen LogP) is 15.3. The Morgan fingerprint density at radius 1 is 0.466 bits per heavy atom. The van der Waals surface area contributed by atoms with Gasteiger partial charge >= 0.3 is 5.97 Å². The van der Waals surface area contributed by atoms with Crippen LogP contribution in [0.1, 0.15) is 284 Å². The third-order valence-corrected chi connectivity index (χ3v) is 12.1. The van der Waals surface area contributed by atoms with Crippen molar-refractivity contribution in [3.05, 3.63) is 12.2 Å². The molecular weight excluding hydrogens is 719 g/mol. The van der Waals surface area contributed by atoms with Crippen LogP contribution in [-0.4, -0.2) is 47.4 Å². The standard InChI is InChI=1S/C52H101NO5/c1-3-5-7-9-11-13-15-17-18-19-21-24-28-32-36-40-44-50(55)49(48-54)53-51(56)45-41-37-33-29-25-22-20-23-27-31-35-39-43-47-58-52(57)46-42-38-34-30-26-16-14-12-10-8-6-4-2/h12,14,49-50,54-55H,3-11,13,15-48H2,1-2H3,(H,53,56)/b14-12-. The van der Waals surface area contributed by atoms with Crippen LogP contribution in [0.25, 0.3) is 0 Å². The summed E-state index contributed by atoms with van der Waals surface area (Å²) in [6, 6.07) is -0.550. The molecule has 1 amide bonds. The van der Waals surface area contributed by atoms with E-state index in [9.17, 15) is 19.8 Å². The average Bonchev–Trinajstić information content (AvgIpc) is 3.22. The number of allylic oxidation sites excluding steroid dienone is 2. The van der Waals surface area contributed by atoms with Gasteiger partial charge in [0.15, 0.2) is 0 Å². The van der Waals surface area contributed by atoms with E-state index in [1.54, 1.807) is 0 Å². The van der Waals surface area contributed by atoms with Crippen molar-refractivity contribution in [1.29, 1.82) is 0 Å². The maximum atomic E-state index is 12.5. The molecule has 2 unspecified atom stereocenters. The molecule has 0 aromatic rings. The van der Waals surface area contributed by atoms with Gasteiger partial charge in [-0.25, -0.2) is 0 Å². The van der Waals surface area contributed by atoms with Crippen LogP contribution in [0, 0.1) is 0 Å². The van der Waals surface area contributed by atoms with Crippen molar-refractivity contribution < 1.29 is 24.5 Å². The van der Waals surface area contributed by atoms with Crippen LogP contribution in [0.15, 0.2) is 12.2 Å². The van der Waals surface area contributed by atoms with E-state index >= 15 is 0 Å². The number of aliphatic hydroxyl groups is 2. The number of hydrogen-bond acceptors (Lipinski definition) is 5. The molecule has 0 aliphatic heterocycles. The fraction of sp³-hybridized carbons (Fsp3) is 0.923. The third kappa shape index (κ3) is 44.2. The molecule has 2 atom stereocenters. The topological polar surface area (TPSA) is 95.9 Å². The second-order valence-corrected chi connectivity index (χ2v) is 17.9. The van der Waals surface area contributed by atoms with Gasteiger partial charge in [0.1, 0.15) is 0 Å². The van der Waals surface area contributed by atoms with Gasteiger partial charge in [0.2, 0.25) is 5.91 Å². The highest BCUT2D eigenvalue weighted by Crippen LogP contribution is 2.17. The van der Waals surface area contributed by atoms with E-state index in [4.69, 9.17) is 4.74 Å². The fourth-order valence-corrected chi connectivity index (χ4v) is 8.05. The van der Waals surface area contributed by atoms with E-state index in [0.717, 1.165) is 51.4 Å². The number of esters is 1. The number of ether oxygens (including phenoxy) is 1. The fourth-order valence-electron chi connectivity index (χ4n) is 8.05. The minimum absolute atomic E-state index is 0.0152.